The number of benzene rings is 1. The summed E-state index contributed by atoms with van der Waals surface area (Å²) in [5.41, 5.74) is 3.14. The van der Waals surface area contributed by atoms with Crippen molar-refractivity contribution in [1.82, 2.24) is 14.8 Å². The number of pyridine rings is 1. The number of alkyl halides is 1. The highest BCUT2D eigenvalue weighted by atomic mass is 32.2. The number of sulfone groups is 1. The molecule has 1 saturated carbocycles. The molecule has 0 amide bonds. The van der Waals surface area contributed by atoms with Gasteiger partial charge in [-0.25, -0.2) is 26.9 Å². The van der Waals surface area contributed by atoms with Gasteiger partial charge in [-0.2, -0.15) is 5.10 Å². The first-order valence-electron chi connectivity index (χ1n) is 12.2. The van der Waals surface area contributed by atoms with E-state index in [4.69, 9.17) is 9.84 Å². The Balaban J connectivity index is 1.52. The van der Waals surface area contributed by atoms with E-state index in [9.17, 15) is 22.0 Å². The number of carbonyl (C=O) groups is 1. The third kappa shape index (κ3) is 5.36. The molecule has 3 aromatic rings. The van der Waals surface area contributed by atoms with E-state index >= 15 is 0 Å². The fourth-order valence-electron chi connectivity index (χ4n) is 5.19. The molecule has 8 nitrogen and oxygen atoms in total. The van der Waals surface area contributed by atoms with Gasteiger partial charge in [0.05, 0.1) is 36.4 Å². The van der Waals surface area contributed by atoms with Crippen LogP contribution in [-0.2, 0) is 19.4 Å². The minimum atomic E-state index is -2.98. The van der Waals surface area contributed by atoms with E-state index in [1.165, 1.54) is 19.2 Å². The first-order chi connectivity index (χ1) is 17.7. The number of aromatic nitrogens is 3. The van der Waals surface area contributed by atoms with E-state index in [-0.39, 0.29) is 23.8 Å². The predicted molar refractivity (Wildman–Crippen MR) is 135 cm³/mol. The Hall–Kier alpha value is -3.34. The Morgan fingerprint density at radius 3 is 2.46 bits per heavy atom. The number of esters is 1. The summed E-state index contributed by atoms with van der Waals surface area (Å²) in [6.07, 6.45) is 2.62. The van der Waals surface area contributed by atoms with Crippen molar-refractivity contribution in [3.8, 4) is 16.9 Å². The van der Waals surface area contributed by atoms with Gasteiger partial charge >= 0.3 is 5.97 Å². The minimum Gasteiger partial charge on any atom is -0.469 e. The molecule has 0 spiro atoms. The molecule has 1 aromatic carbocycles. The van der Waals surface area contributed by atoms with Crippen molar-refractivity contribution >= 4 is 21.5 Å². The molecule has 37 heavy (non-hydrogen) atoms. The number of halogens is 2. The molecular formula is C26H28F2N4O4S. The van der Waals surface area contributed by atoms with Crippen molar-refractivity contribution in [3.05, 3.63) is 60.3 Å². The molecule has 0 N–H and O–H groups in total. The molecule has 196 valence electrons. The summed E-state index contributed by atoms with van der Waals surface area (Å²) in [7, 11) is -1.68. The van der Waals surface area contributed by atoms with Crippen LogP contribution in [0.1, 0.15) is 30.9 Å². The minimum absolute atomic E-state index is 0.0647. The van der Waals surface area contributed by atoms with Gasteiger partial charge in [0.15, 0.2) is 15.7 Å². The zero-order valence-corrected chi connectivity index (χ0v) is 21.2. The molecule has 0 radical (unpaired) electrons. The molecular weight excluding hydrogens is 502 g/mol. The average Bonchev–Trinajstić information content (AvgIpc) is 3.34. The lowest BCUT2D eigenvalue weighted by molar-refractivity contribution is -0.148. The number of nitrogens with zero attached hydrogens (tertiary/aromatic N) is 4. The van der Waals surface area contributed by atoms with Crippen LogP contribution in [0.4, 0.5) is 14.5 Å². The summed E-state index contributed by atoms with van der Waals surface area (Å²) in [5, 5.41) is 4.75. The predicted octanol–water partition coefficient (Wildman–Crippen LogP) is 3.70. The Kier molecular flexibility index (Phi) is 6.98. The number of carbonyl (C=O) groups excluding carboxylic acids is 1. The number of rotatable bonds is 5. The molecule has 1 aliphatic carbocycles. The third-order valence-electron chi connectivity index (χ3n) is 7.22. The van der Waals surface area contributed by atoms with Crippen LogP contribution in [0.25, 0.3) is 16.9 Å². The van der Waals surface area contributed by atoms with Crippen molar-refractivity contribution in [2.24, 2.45) is 5.92 Å². The lowest BCUT2D eigenvalue weighted by atomic mass is 9.75. The van der Waals surface area contributed by atoms with E-state index in [1.54, 1.807) is 10.9 Å². The van der Waals surface area contributed by atoms with Crippen molar-refractivity contribution in [2.45, 2.75) is 31.4 Å². The quantitative estimate of drug-likeness (QED) is 0.464. The van der Waals surface area contributed by atoms with Crippen molar-refractivity contribution in [1.29, 1.82) is 0 Å². The fourth-order valence-corrected chi connectivity index (χ4v) is 6.39. The zero-order chi connectivity index (χ0) is 26.2. The Bertz CT molecular complexity index is 1360. The maximum atomic E-state index is 14.3. The van der Waals surface area contributed by atoms with Gasteiger partial charge in [-0.15, -0.1) is 0 Å². The topological polar surface area (TPSA) is 94.4 Å². The summed E-state index contributed by atoms with van der Waals surface area (Å²) in [6, 6.07) is 10.5. The highest BCUT2D eigenvalue weighted by Crippen LogP contribution is 2.43. The van der Waals surface area contributed by atoms with Crippen LogP contribution in [0.5, 0.6) is 0 Å². The Morgan fingerprint density at radius 2 is 1.81 bits per heavy atom. The molecule has 5 rings (SSSR count). The van der Waals surface area contributed by atoms with Crippen LogP contribution >= 0.6 is 0 Å². The number of anilines is 1. The second-order valence-corrected chi connectivity index (χ2v) is 11.8. The van der Waals surface area contributed by atoms with Crippen LogP contribution < -0.4 is 4.90 Å². The molecule has 3 atom stereocenters. The SMILES string of the molecule is COC(=O)[C@@H]1C[C@@H](F)CC[C@H]1c1nn(-c2ccc(F)cn2)cc1-c1ccc(N2CCS(=O)(=O)CC2)cc1. The van der Waals surface area contributed by atoms with Crippen LogP contribution in [0.15, 0.2) is 48.8 Å². The summed E-state index contributed by atoms with van der Waals surface area (Å²) in [6.45, 7) is 0.878. The smallest absolute Gasteiger partial charge is 0.309 e. The molecule has 2 aromatic heterocycles. The van der Waals surface area contributed by atoms with Gasteiger partial charge in [0.25, 0.3) is 0 Å². The molecule has 11 heteroatoms. The number of methoxy groups -OCH3 is 1. The van der Waals surface area contributed by atoms with E-state index < -0.39 is 33.7 Å². The van der Waals surface area contributed by atoms with E-state index in [2.05, 4.69) is 4.98 Å². The standard InChI is InChI=1S/C26H28F2N4O4S/c1-36-26(33)22-14-18(27)4-8-21(22)25-23(16-32(30-25)24-9-5-19(28)15-29-24)17-2-6-20(7-3-17)31-10-12-37(34,35)13-11-31/h2-3,5-7,9,15-16,18,21-22H,4,8,10-14H2,1H3/t18-,21+,22+/m0/s1. The lowest BCUT2D eigenvalue weighted by Crippen LogP contribution is -2.40. The van der Waals surface area contributed by atoms with Gasteiger partial charge in [-0.05, 0) is 49.1 Å². The van der Waals surface area contributed by atoms with E-state index in [0.29, 0.717) is 37.4 Å². The van der Waals surface area contributed by atoms with Crippen LogP contribution in [0, 0.1) is 11.7 Å². The van der Waals surface area contributed by atoms with Gasteiger partial charge in [0.1, 0.15) is 12.0 Å². The normalized spacial score (nSPS) is 23.5. The van der Waals surface area contributed by atoms with Gasteiger partial charge in [0, 0.05) is 36.5 Å². The largest absolute Gasteiger partial charge is 0.469 e. The van der Waals surface area contributed by atoms with Crippen molar-refractivity contribution < 1.29 is 26.7 Å². The molecule has 1 saturated heterocycles. The van der Waals surface area contributed by atoms with Crippen molar-refractivity contribution in [3.63, 3.8) is 0 Å². The van der Waals surface area contributed by atoms with Gasteiger partial charge in [-0.1, -0.05) is 12.1 Å². The van der Waals surface area contributed by atoms with Crippen LogP contribution in [-0.4, -0.2) is 67.0 Å². The average molecular weight is 531 g/mol. The third-order valence-corrected chi connectivity index (χ3v) is 8.83. The summed E-state index contributed by atoms with van der Waals surface area (Å²) >= 11 is 0. The molecule has 0 bridgehead atoms. The lowest BCUT2D eigenvalue weighted by Gasteiger charge is -2.31. The second-order valence-electron chi connectivity index (χ2n) is 9.54. The van der Waals surface area contributed by atoms with Gasteiger partial charge in [0.2, 0.25) is 0 Å². The molecule has 0 unspecified atom stereocenters. The number of hydrogen-bond donors (Lipinski definition) is 0. The van der Waals surface area contributed by atoms with Crippen LogP contribution in [0.2, 0.25) is 0 Å². The monoisotopic (exact) mass is 530 g/mol. The number of ether oxygens (including phenoxy) is 1. The van der Waals surface area contributed by atoms with E-state index in [1.807, 2.05) is 29.2 Å². The molecule has 2 fully saturated rings. The van der Waals surface area contributed by atoms with Crippen LogP contribution in [0.3, 0.4) is 0 Å². The second kappa shape index (κ2) is 10.2. The molecule has 3 heterocycles. The Labute approximate surface area is 214 Å². The summed E-state index contributed by atoms with van der Waals surface area (Å²) < 4.78 is 57.9. The van der Waals surface area contributed by atoms with Gasteiger partial charge < -0.3 is 9.64 Å². The maximum absolute atomic E-state index is 14.3. The molecule has 1 aliphatic heterocycles. The van der Waals surface area contributed by atoms with E-state index in [0.717, 1.165) is 23.0 Å². The first kappa shape index (κ1) is 25.3. The summed E-state index contributed by atoms with van der Waals surface area (Å²) in [4.78, 5) is 18.8. The van der Waals surface area contributed by atoms with Gasteiger partial charge in [-0.3, -0.25) is 4.79 Å². The maximum Gasteiger partial charge on any atom is 0.309 e. The summed E-state index contributed by atoms with van der Waals surface area (Å²) in [5.74, 6) is -1.30. The number of hydrogen-bond acceptors (Lipinski definition) is 7. The highest BCUT2D eigenvalue weighted by molar-refractivity contribution is 7.91. The first-order valence-corrected chi connectivity index (χ1v) is 14.1. The zero-order valence-electron chi connectivity index (χ0n) is 20.4. The fraction of sp³-hybridized carbons (Fsp3) is 0.423. The Morgan fingerprint density at radius 1 is 1.08 bits per heavy atom. The van der Waals surface area contributed by atoms with Crippen molar-refractivity contribution in [2.75, 3.05) is 36.6 Å². The molecule has 2 aliphatic rings. The highest BCUT2D eigenvalue weighted by Gasteiger charge is 2.39.